The van der Waals surface area contributed by atoms with Crippen LogP contribution in [-0.2, 0) is 6.54 Å². The van der Waals surface area contributed by atoms with E-state index in [1.54, 1.807) is 24.2 Å². The van der Waals surface area contributed by atoms with Crippen LogP contribution < -0.4 is 5.32 Å². The molecule has 23 heavy (non-hydrogen) atoms. The summed E-state index contributed by atoms with van der Waals surface area (Å²) in [5.41, 5.74) is 1.34. The average molecular weight is 333 g/mol. The highest BCUT2D eigenvalue weighted by molar-refractivity contribution is 6.31. The first-order valence-corrected chi connectivity index (χ1v) is 8.05. The van der Waals surface area contributed by atoms with Gasteiger partial charge in [-0.2, -0.15) is 0 Å². The summed E-state index contributed by atoms with van der Waals surface area (Å²) < 4.78 is 0. The zero-order valence-corrected chi connectivity index (χ0v) is 14.2. The van der Waals surface area contributed by atoms with Crippen molar-refractivity contribution >= 4 is 23.5 Å². The molecule has 0 saturated heterocycles. The maximum atomic E-state index is 12.3. The van der Waals surface area contributed by atoms with Crippen LogP contribution in [-0.4, -0.2) is 34.4 Å². The van der Waals surface area contributed by atoms with E-state index < -0.39 is 0 Å². The SMILES string of the molecule is CCCCN(C)C(=O)c1ccnc(NCc2ccccc2Cl)n1. The highest BCUT2D eigenvalue weighted by atomic mass is 35.5. The second-order valence-electron chi connectivity index (χ2n) is 5.29. The fourth-order valence-electron chi connectivity index (χ4n) is 2.07. The van der Waals surface area contributed by atoms with Gasteiger partial charge in [-0.05, 0) is 24.1 Å². The molecule has 1 aromatic carbocycles. The first kappa shape index (κ1) is 17.2. The lowest BCUT2D eigenvalue weighted by molar-refractivity contribution is 0.0787. The number of amides is 1. The molecule has 0 fully saturated rings. The van der Waals surface area contributed by atoms with Crippen molar-refractivity contribution in [1.82, 2.24) is 14.9 Å². The van der Waals surface area contributed by atoms with Gasteiger partial charge in [0.1, 0.15) is 5.69 Å². The molecule has 6 heteroatoms. The number of anilines is 1. The Bertz CT molecular complexity index is 663. The molecule has 2 rings (SSSR count). The molecule has 5 nitrogen and oxygen atoms in total. The summed E-state index contributed by atoms with van der Waals surface area (Å²) in [5.74, 6) is 0.321. The van der Waals surface area contributed by atoms with Gasteiger partial charge >= 0.3 is 0 Å². The van der Waals surface area contributed by atoms with Crippen LogP contribution in [0.4, 0.5) is 5.95 Å². The van der Waals surface area contributed by atoms with E-state index in [1.165, 1.54) is 0 Å². The molecule has 2 aromatic rings. The fourth-order valence-corrected chi connectivity index (χ4v) is 2.27. The van der Waals surface area contributed by atoms with E-state index in [2.05, 4.69) is 22.2 Å². The molecule has 1 amide bonds. The Hall–Kier alpha value is -2.14. The Labute approximate surface area is 141 Å². The summed E-state index contributed by atoms with van der Waals surface area (Å²) in [6, 6.07) is 9.20. The number of hydrogen-bond donors (Lipinski definition) is 1. The zero-order valence-electron chi connectivity index (χ0n) is 13.4. The minimum absolute atomic E-state index is 0.0957. The number of benzene rings is 1. The maximum absolute atomic E-state index is 12.3. The summed E-state index contributed by atoms with van der Waals surface area (Å²) in [7, 11) is 1.79. The molecule has 0 saturated carbocycles. The van der Waals surface area contributed by atoms with Gasteiger partial charge in [-0.1, -0.05) is 43.1 Å². The van der Waals surface area contributed by atoms with Crippen LogP contribution in [0, 0.1) is 0 Å². The van der Waals surface area contributed by atoms with Gasteiger partial charge in [-0.15, -0.1) is 0 Å². The highest BCUT2D eigenvalue weighted by Gasteiger charge is 2.13. The van der Waals surface area contributed by atoms with E-state index in [9.17, 15) is 4.79 Å². The lowest BCUT2D eigenvalue weighted by Crippen LogP contribution is -2.28. The number of carbonyl (C=O) groups is 1. The van der Waals surface area contributed by atoms with E-state index >= 15 is 0 Å². The molecular weight excluding hydrogens is 312 g/mol. The van der Waals surface area contributed by atoms with Crippen LogP contribution in [0.1, 0.15) is 35.8 Å². The van der Waals surface area contributed by atoms with E-state index in [0.717, 1.165) is 24.9 Å². The summed E-state index contributed by atoms with van der Waals surface area (Å²) in [6.45, 7) is 3.32. The first-order valence-electron chi connectivity index (χ1n) is 7.67. The van der Waals surface area contributed by atoms with E-state index in [1.807, 2.05) is 24.3 Å². The minimum atomic E-state index is -0.0957. The Morgan fingerprint density at radius 1 is 1.30 bits per heavy atom. The molecule has 0 unspecified atom stereocenters. The Kier molecular flexibility index (Phi) is 6.35. The minimum Gasteiger partial charge on any atom is -0.350 e. The second-order valence-corrected chi connectivity index (χ2v) is 5.70. The Balaban J connectivity index is 2.02. The standard InChI is InChI=1S/C17H21ClN4O/c1-3-4-11-22(2)16(23)15-9-10-19-17(21-15)20-12-13-7-5-6-8-14(13)18/h5-10H,3-4,11-12H2,1-2H3,(H,19,20,21). The number of nitrogens with one attached hydrogen (secondary N) is 1. The lowest BCUT2D eigenvalue weighted by atomic mass is 10.2. The number of rotatable bonds is 7. The van der Waals surface area contributed by atoms with Crippen LogP contribution in [0.2, 0.25) is 5.02 Å². The van der Waals surface area contributed by atoms with Crippen molar-refractivity contribution in [1.29, 1.82) is 0 Å². The summed E-state index contributed by atoms with van der Waals surface area (Å²) in [4.78, 5) is 22.4. The van der Waals surface area contributed by atoms with E-state index in [0.29, 0.717) is 23.2 Å². The summed E-state index contributed by atoms with van der Waals surface area (Å²) in [6.07, 6.45) is 3.61. The molecular formula is C17H21ClN4O. The highest BCUT2D eigenvalue weighted by Crippen LogP contribution is 2.16. The van der Waals surface area contributed by atoms with E-state index in [-0.39, 0.29) is 5.91 Å². The summed E-state index contributed by atoms with van der Waals surface area (Å²) in [5, 5.41) is 3.79. The number of unbranched alkanes of at least 4 members (excludes halogenated alkanes) is 1. The number of halogens is 1. The first-order chi connectivity index (χ1) is 11.1. The molecule has 0 aliphatic rings. The third-order valence-electron chi connectivity index (χ3n) is 3.46. The molecule has 1 aromatic heterocycles. The number of carbonyl (C=O) groups excluding carboxylic acids is 1. The van der Waals surface area contributed by atoms with Crippen molar-refractivity contribution in [2.24, 2.45) is 0 Å². The van der Waals surface area contributed by atoms with Crippen LogP contribution in [0.25, 0.3) is 0 Å². The number of hydrogen-bond acceptors (Lipinski definition) is 4. The molecule has 0 bridgehead atoms. The van der Waals surface area contributed by atoms with Gasteiger partial charge in [0.05, 0.1) is 0 Å². The van der Waals surface area contributed by atoms with Crippen molar-refractivity contribution in [3.63, 3.8) is 0 Å². The smallest absolute Gasteiger partial charge is 0.272 e. The van der Waals surface area contributed by atoms with Gasteiger partial charge in [0.25, 0.3) is 5.91 Å². The predicted molar refractivity (Wildman–Crippen MR) is 92.7 cm³/mol. The Morgan fingerprint density at radius 2 is 2.09 bits per heavy atom. The number of nitrogens with zero attached hydrogens (tertiary/aromatic N) is 3. The van der Waals surface area contributed by atoms with Gasteiger partial charge in [-0.25, -0.2) is 9.97 Å². The molecule has 0 atom stereocenters. The molecule has 0 radical (unpaired) electrons. The largest absolute Gasteiger partial charge is 0.350 e. The molecule has 0 aliphatic carbocycles. The van der Waals surface area contributed by atoms with Gasteiger partial charge in [-0.3, -0.25) is 4.79 Å². The zero-order chi connectivity index (χ0) is 16.7. The van der Waals surface area contributed by atoms with E-state index in [4.69, 9.17) is 11.6 Å². The van der Waals surface area contributed by atoms with Gasteiger partial charge < -0.3 is 10.2 Å². The molecule has 1 heterocycles. The molecule has 0 aliphatic heterocycles. The predicted octanol–water partition coefficient (Wildman–Crippen LogP) is 3.61. The average Bonchev–Trinajstić information content (AvgIpc) is 2.58. The third kappa shape index (κ3) is 4.93. The maximum Gasteiger partial charge on any atom is 0.272 e. The fraction of sp³-hybridized carbons (Fsp3) is 0.353. The van der Waals surface area contributed by atoms with Crippen molar-refractivity contribution in [2.75, 3.05) is 18.9 Å². The van der Waals surface area contributed by atoms with Crippen molar-refractivity contribution < 1.29 is 4.79 Å². The lowest BCUT2D eigenvalue weighted by Gasteiger charge is -2.16. The normalized spacial score (nSPS) is 10.4. The quantitative estimate of drug-likeness (QED) is 0.841. The molecule has 0 spiro atoms. The van der Waals surface area contributed by atoms with Crippen molar-refractivity contribution in [3.8, 4) is 0 Å². The topological polar surface area (TPSA) is 58.1 Å². The monoisotopic (exact) mass is 332 g/mol. The van der Waals surface area contributed by atoms with Crippen LogP contribution in [0.3, 0.4) is 0 Å². The third-order valence-corrected chi connectivity index (χ3v) is 3.83. The van der Waals surface area contributed by atoms with Crippen LogP contribution in [0.15, 0.2) is 36.5 Å². The van der Waals surface area contributed by atoms with Gasteiger partial charge in [0.15, 0.2) is 0 Å². The number of aromatic nitrogens is 2. The molecule has 122 valence electrons. The summed E-state index contributed by atoms with van der Waals surface area (Å²) >= 11 is 6.12. The second kappa shape index (κ2) is 8.48. The van der Waals surface area contributed by atoms with Crippen LogP contribution in [0.5, 0.6) is 0 Å². The Morgan fingerprint density at radius 3 is 2.83 bits per heavy atom. The molecule has 1 N–H and O–H groups in total. The van der Waals surface area contributed by atoms with Gasteiger partial charge in [0.2, 0.25) is 5.95 Å². The van der Waals surface area contributed by atoms with Crippen molar-refractivity contribution in [3.05, 3.63) is 52.8 Å². The van der Waals surface area contributed by atoms with Gasteiger partial charge in [0, 0.05) is 31.4 Å². The van der Waals surface area contributed by atoms with Crippen molar-refractivity contribution in [2.45, 2.75) is 26.3 Å². The van der Waals surface area contributed by atoms with Crippen LogP contribution >= 0.6 is 11.6 Å².